The van der Waals surface area contributed by atoms with Gasteiger partial charge in [-0.2, -0.15) is 0 Å². The SMILES string of the molecule is Cc1c(NC(=O)Cc2csc(-c3ccccc3Cl)n2)cccc1C(=O)N1CCOCC1. The number of nitrogens with zero attached hydrogens (tertiary/aromatic N) is 2. The van der Waals surface area contributed by atoms with Crippen LogP contribution in [-0.2, 0) is 16.0 Å². The first-order valence-electron chi connectivity index (χ1n) is 9.98. The van der Waals surface area contributed by atoms with Gasteiger partial charge >= 0.3 is 0 Å². The lowest BCUT2D eigenvalue weighted by molar-refractivity contribution is -0.115. The summed E-state index contributed by atoms with van der Waals surface area (Å²) in [5.41, 5.74) is 3.50. The lowest BCUT2D eigenvalue weighted by atomic mass is 10.0. The van der Waals surface area contributed by atoms with Crippen molar-refractivity contribution < 1.29 is 14.3 Å². The summed E-state index contributed by atoms with van der Waals surface area (Å²) in [4.78, 5) is 31.8. The molecule has 0 saturated carbocycles. The molecule has 0 bridgehead atoms. The highest BCUT2D eigenvalue weighted by Crippen LogP contribution is 2.30. The summed E-state index contributed by atoms with van der Waals surface area (Å²) >= 11 is 7.70. The van der Waals surface area contributed by atoms with Crippen molar-refractivity contribution in [2.75, 3.05) is 31.6 Å². The third-order valence-corrected chi connectivity index (χ3v) is 6.39. The van der Waals surface area contributed by atoms with Gasteiger partial charge < -0.3 is 15.0 Å². The second kappa shape index (κ2) is 9.60. The van der Waals surface area contributed by atoms with Gasteiger partial charge in [-0.25, -0.2) is 4.98 Å². The number of hydrogen-bond donors (Lipinski definition) is 1. The molecule has 6 nitrogen and oxygen atoms in total. The van der Waals surface area contributed by atoms with Crippen LogP contribution in [0.2, 0.25) is 5.02 Å². The summed E-state index contributed by atoms with van der Waals surface area (Å²) in [7, 11) is 0. The number of thiazole rings is 1. The number of rotatable bonds is 5. The van der Waals surface area contributed by atoms with Gasteiger partial charge in [0, 0.05) is 35.3 Å². The van der Waals surface area contributed by atoms with Crippen LogP contribution >= 0.6 is 22.9 Å². The fourth-order valence-corrected chi connectivity index (χ4v) is 4.58. The van der Waals surface area contributed by atoms with Crippen molar-refractivity contribution in [1.82, 2.24) is 9.88 Å². The van der Waals surface area contributed by atoms with Gasteiger partial charge in [0.2, 0.25) is 5.91 Å². The standard InChI is InChI=1S/C23H22ClN3O3S/c1-15-17(23(29)27-9-11-30-12-10-27)6-4-8-20(15)26-21(28)13-16-14-31-22(25-16)18-5-2-3-7-19(18)24/h2-8,14H,9-13H2,1H3,(H,26,28). The van der Waals surface area contributed by atoms with Gasteiger partial charge in [-0.15, -0.1) is 11.3 Å². The van der Waals surface area contributed by atoms with Crippen molar-refractivity contribution in [3.05, 3.63) is 69.7 Å². The molecular formula is C23H22ClN3O3S. The Balaban J connectivity index is 1.44. The fraction of sp³-hybridized carbons (Fsp3) is 0.261. The van der Waals surface area contributed by atoms with Crippen LogP contribution < -0.4 is 5.32 Å². The number of carbonyl (C=O) groups is 2. The number of amides is 2. The zero-order chi connectivity index (χ0) is 21.8. The first-order valence-corrected chi connectivity index (χ1v) is 11.2. The van der Waals surface area contributed by atoms with Gasteiger partial charge in [0.25, 0.3) is 5.91 Å². The number of halogens is 1. The van der Waals surface area contributed by atoms with Gasteiger partial charge in [-0.3, -0.25) is 9.59 Å². The van der Waals surface area contributed by atoms with E-state index >= 15 is 0 Å². The maximum Gasteiger partial charge on any atom is 0.254 e. The molecule has 1 N–H and O–H groups in total. The van der Waals surface area contributed by atoms with Crippen molar-refractivity contribution in [2.24, 2.45) is 0 Å². The van der Waals surface area contributed by atoms with Crippen LogP contribution in [0.5, 0.6) is 0 Å². The van der Waals surface area contributed by atoms with Crippen molar-refractivity contribution in [3.63, 3.8) is 0 Å². The molecule has 1 aliphatic rings. The molecule has 4 rings (SSSR count). The molecule has 2 amide bonds. The topological polar surface area (TPSA) is 71.5 Å². The average molecular weight is 456 g/mol. The van der Waals surface area contributed by atoms with Crippen LogP contribution in [0.4, 0.5) is 5.69 Å². The largest absolute Gasteiger partial charge is 0.378 e. The first kappa shape index (κ1) is 21.5. The minimum absolute atomic E-state index is 0.0409. The number of ether oxygens (including phenoxy) is 1. The van der Waals surface area contributed by atoms with Crippen LogP contribution in [-0.4, -0.2) is 48.0 Å². The monoisotopic (exact) mass is 455 g/mol. The lowest BCUT2D eigenvalue weighted by Gasteiger charge is -2.27. The van der Waals surface area contributed by atoms with E-state index in [0.29, 0.717) is 48.3 Å². The van der Waals surface area contributed by atoms with Crippen LogP contribution in [0.3, 0.4) is 0 Å². The summed E-state index contributed by atoms with van der Waals surface area (Å²) in [6.07, 6.45) is 0.141. The van der Waals surface area contributed by atoms with Crippen LogP contribution in [0, 0.1) is 6.92 Å². The molecule has 0 radical (unpaired) electrons. The Bertz CT molecular complexity index is 1110. The highest BCUT2D eigenvalue weighted by molar-refractivity contribution is 7.13. The van der Waals surface area contributed by atoms with E-state index in [4.69, 9.17) is 16.3 Å². The van der Waals surface area contributed by atoms with E-state index in [1.54, 1.807) is 23.1 Å². The lowest BCUT2D eigenvalue weighted by Crippen LogP contribution is -2.41. The Hall–Kier alpha value is -2.74. The zero-order valence-electron chi connectivity index (χ0n) is 17.1. The summed E-state index contributed by atoms with van der Waals surface area (Å²) in [6.45, 7) is 4.09. The molecule has 1 fully saturated rings. The Labute approximate surface area is 189 Å². The maximum absolute atomic E-state index is 12.9. The van der Waals surface area contributed by atoms with E-state index in [2.05, 4.69) is 10.3 Å². The Kier molecular flexibility index (Phi) is 6.65. The predicted molar refractivity (Wildman–Crippen MR) is 123 cm³/mol. The highest BCUT2D eigenvalue weighted by Gasteiger charge is 2.21. The number of anilines is 1. The van der Waals surface area contributed by atoms with Crippen molar-refractivity contribution in [2.45, 2.75) is 13.3 Å². The second-order valence-corrected chi connectivity index (χ2v) is 8.50. The molecule has 2 heterocycles. The molecule has 2 aromatic carbocycles. The molecule has 8 heteroatoms. The van der Waals surface area contributed by atoms with Crippen LogP contribution in [0.25, 0.3) is 10.6 Å². The molecule has 1 saturated heterocycles. The van der Waals surface area contributed by atoms with Crippen molar-refractivity contribution >= 4 is 40.4 Å². The molecule has 0 unspecified atom stereocenters. The molecule has 0 spiro atoms. The van der Waals surface area contributed by atoms with Crippen molar-refractivity contribution in [3.8, 4) is 10.6 Å². The van der Waals surface area contributed by atoms with Crippen LogP contribution in [0.15, 0.2) is 47.8 Å². The zero-order valence-corrected chi connectivity index (χ0v) is 18.6. The molecule has 0 aliphatic carbocycles. The first-order chi connectivity index (χ1) is 15.0. The van der Waals surface area contributed by atoms with E-state index in [1.165, 1.54) is 11.3 Å². The fourth-order valence-electron chi connectivity index (χ4n) is 3.44. The van der Waals surface area contributed by atoms with E-state index in [1.807, 2.05) is 36.6 Å². The number of morpholine rings is 1. The van der Waals surface area contributed by atoms with Gasteiger partial charge in [0.1, 0.15) is 5.01 Å². The summed E-state index contributed by atoms with van der Waals surface area (Å²) in [6, 6.07) is 12.9. The smallest absolute Gasteiger partial charge is 0.254 e. The molecule has 3 aromatic rings. The summed E-state index contributed by atoms with van der Waals surface area (Å²) in [5, 5.41) is 6.20. The third-order valence-electron chi connectivity index (χ3n) is 5.13. The number of nitrogens with one attached hydrogen (secondary N) is 1. The summed E-state index contributed by atoms with van der Waals surface area (Å²) in [5.74, 6) is -0.226. The Morgan fingerprint density at radius 3 is 2.71 bits per heavy atom. The molecular weight excluding hydrogens is 434 g/mol. The van der Waals surface area contributed by atoms with E-state index in [-0.39, 0.29) is 18.2 Å². The van der Waals surface area contributed by atoms with Crippen LogP contribution in [0.1, 0.15) is 21.6 Å². The van der Waals surface area contributed by atoms with Crippen molar-refractivity contribution in [1.29, 1.82) is 0 Å². The molecule has 1 aromatic heterocycles. The number of hydrogen-bond acceptors (Lipinski definition) is 5. The quantitative estimate of drug-likeness (QED) is 0.618. The normalized spacial score (nSPS) is 13.8. The number of carbonyl (C=O) groups excluding carboxylic acids is 2. The third kappa shape index (κ3) is 4.95. The predicted octanol–water partition coefficient (Wildman–Crippen LogP) is 4.43. The van der Waals surface area contributed by atoms with Gasteiger partial charge in [-0.1, -0.05) is 35.9 Å². The molecule has 160 valence electrons. The Morgan fingerprint density at radius 2 is 1.94 bits per heavy atom. The van der Waals surface area contributed by atoms with Gasteiger partial charge in [-0.05, 0) is 30.7 Å². The number of aromatic nitrogens is 1. The van der Waals surface area contributed by atoms with Gasteiger partial charge in [0.05, 0.1) is 30.4 Å². The minimum Gasteiger partial charge on any atom is -0.378 e. The minimum atomic E-state index is -0.185. The second-order valence-electron chi connectivity index (χ2n) is 7.23. The Morgan fingerprint density at radius 1 is 1.16 bits per heavy atom. The molecule has 0 atom stereocenters. The number of benzene rings is 2. The van der Waals surface area contributed by atoms with E-state index in [9.17, 15) is 9.59 Å². The van der Waals surface area contributed by atoms with Gasteiger partial charge in [0.15, 0.2) is 0 Å². The molecule has 31 heavy (non-hydrogen) atoms. The highest BCUT2D eigenvalue weighted by atomic mass is 35.5. The summed E-state index contributed by atoms with van der Waals surface area (Å²) < 4.78 is 5.32. The average Bonchev–Trinajstić information content (AvgIpc) is 3.23. The maximum atomic E-state index is 12.9. The van der Waals surface area contributed by atoms with E-state index < -0.39 is 0 Å². The molecule has 1 aliphatic heterocycles. The van der Waals surface area contributed by atoms with E-state index in [0.717, 1.165) is 16.1 Å².